The fourth-order valence-corrected chi connectivity index (χ4v) is 1.16. The maximum Gasteiger partial charge on any atom is 0.390 e. The summed E-state index contributed by atoms with van der Waals surface area (Å²) < 4.78 is 61.4. The van der Waals surface area contributed by atoms with Crippen LogP contribution in [0.15, 0.2) is 18.2 Å². The fraction of sp³-hybridized carbons (Fsp3) is 0.333. The smallest absolute Gasteiger partial charge is 0.324 e. The molecule has 0 aliphatic carbocycles. The second kappa shape index (κ2) is 4.14. The summed E-state index contributed by atoms with van der Waals surface area (Å²) in [6, 6.07) is 0.659. The Morgan fingerprint density at radius 2 is 1.80 bits per heavy atom. The van der Waals surface area contributed by atoms with Crippen LogP contribution in [0.1, 0.15) is 18.0 Å². The minimum atomic E-state index is -4.50. The van der Waals surface area contributed by atoms with E-state index in [1.54, 1.807) is 0 Å². The summed E-state index contributed by atoms with van der Waals surface area (Å²) in [6.45, 7) is 0. The van der Waals surface area contributed by atoms with E-state index in [4.69, 9.17) is 5.73 Å². The maximum absolute atomic E-state index is 13.0. The Hall–Kier alpha value is -1.17. The Balaban J connectivity index is 2.90. The molecule has 0 spiro atoms. The highest BCUT2D eigenvalue weighted by Gasteiger charge is 2.31. The minimum Gasteiger partial charge on any atom is -0.324 e. The van der Waals surface area contributed by atoms with E-state index in [2.05, 4.69) is 0 Å². The van der Waals surface area contributed by atoms with Crippen molar-refractivity contribution >= 4 is 0 Å². The molecule has 0 fully saturated rings. The fourth-order valence-electron chi connectivity index (χ4n) is 1.16. The number of benzene rings is 1. The molecule has 0 radical (unpaired) electrons. The van der Waals surface area contributed by atoms with E-state index < -0.39 is 35.8 Å². The van der Waals surface area contributed by atoms with E-state index in [0.29, 0.717) is 6.07 Å². The Bertz CT molecular complexity index is 347. The first kappa shape index (κ1) is 11.9. The summed E-state index contributed by atoms with van der Waals surface area (Å²) in [5.41, 5.74) is 4.66. The van der Waals surface area contributed by atoms with Gasteiger partial charge in [0.15, 0.2) is 0 Å². The van der Waals surface area contributed by atoms with Gasteiger partial charge in [0.1, 0.15) is 11.6 Å². The van der Waals surface area contributed by atoms with E-state index in [1.807, 2.05) is 0 Å². The molecule has 1 atom stereocenters. The van der Waals surface area contributed by atoms with Crippen LogP contribution in [0.25, 0.3) is 0 Å². The molecule has 0 aliphatic heterocycles. The van der Waals surface area contributed by atoms with Crippen molar-refractivity contribution in [2.75, 3.05) is 0 Å². The number of rotatable bonds is 2. The maximum atomic E-state index is 13.0. The predicted molar refractivity (Wildman–Crippen MR) is 44.0 cm³/mol. The van der Waals surface area contributed by atoms with Crippen molar-refractivity contribution in [3.8, 4) is 0 Å². The van der Waals surface area contributed by atoms with Crippen LogP contribution in [-0.2, 0) is 0 Å². The Kier molecular flexibility index (Phi) is 3.28. The van der Waals surface area contributed by atoms with Crippen molar-refractivity contribution in [2.45, 2.75) is 18.6 Å². The van der Waals surface area contributed by atoms with Crippen LogP contribution in [0.5, 0.6) is 0 Å². The molecule has 15 heavy (non-hydrogen) atoms. The van der Waals surface area contributed by atoms with E-state index in [-0.39, 0.29) is 0 Å². The van der Waals surface area contributed by atoms with Crippen LogP contribution in [0.2, 0.25) is 0 Å². The zero-order chi connectivity index (χ0) is 11.6. The molecule has 0 unspecified atom stereocenters. The monoisotopic (exact) mass is 225 g/mol. The van der Waals surface area contributed by atoms with Crippen molar-refractivity contribution in [2.24, 2.45) is 5.73 Å². The molecule has 0 amide bonds. The molecule has 1 nitrogen and oxygen atoms in total. The van der Waals surface area contributed by atoms with Crippen molar-refractivity contribution < 1.29 is 22.0 Å². The molecule has 1 aromatic rings. The second-order valence-electron chi connectivity index (χ2n) is 3.09. The van der Waals surface area contributed by atoms with Gasteiger partial charge in [-0.25, -0.2) is 8.78 Å². The van der Waals surface area contributed by atoms with E-state index in [1.165, 1.54) is 0 Å². The Morgan fingerprint density at radius 3 is 2.33 bits per heavy atom. The van der Waals surface area contributed by atoms with Crippen LogP contribution >= 0.6 is 0 Å². The molecule has 84 valence electrons. The van der Waals surface area contributed by atoms with Gasteiger partial charge in [-0.05, 0) is 18.2 Å². The Labute approximate surface area is 82.7 Å². The van der Waals surface area contributed by atoms with Gasteiger partial charge in [-0.1, -0.05) is 0 Å². The van der Waals surface area contributed by atoms with Crippen molar-refractivity contribution in [1.82, 2.24) is 0 Å². The highest BCUT2D eigenvalue weighted by Crippen LogP contribution is 2.29. The molecule has 0 saturated heterocycles. The average Bonchev–Trinajstić information content (AvgIpc) is 2.06. The summed E-state index contributed by atoms with van der Waals surface area (Å²) in [5, 5.41) is 0. The topological polar surface area (TPSA) is 26.0 Å². The van der Waals surface area contributed by atoms with E-state index >= 15 is 0 Å². The molecule has 0 bridgehead atoms. The molecule has 6 heteroatoms. The van der Waals surface area contributed by atoms with Gasteiger partial charge in [0, 0.05) is 11.6 Å². The van der Waals surface area contributed by atoms with Crippen LogP contribution in [0, 0.1) is 11.6 Å². The summed E-state index contributed by atoms with van der Waals surface area (Å²) in [6.07, 6.45) is -5.88. The Morgan fingerprint density at radius 1 is 1.20 bits per heavy atom. The van der Waals surface area contributed by atoms with Gasteiger partial charge in [-0.2, -0.15) is 13.2 Å². The molecular formula is C9H8F5N. The molecule has 1 aromatic carbocycles. The van der Waals surface area contributed by atoms with E-state index in [0.717, 1.165) is 12.1 Å². The van der Waals surface area contributed by atoms with Crippen LogP contribution in [-0.4, -0.2) is 6.18 Å². The quantitative estimate of drug-likeness (QED) is 0.769. The molecule has 2 N–H and O–H groups in total. The number of alkyl halides is 3. The molecule has 1 rings (SSSR count). The first-order valence-electron chi connectivity index (χ1n) is 4.07. The van der Waals surface area contributed by atoms with Gasteiger partial charge >= 0.3 is 6.18 Å². The average molecular weight is 225 g/mol. The predicted octanol–water partition coefficient (Wildman–Crippen LogP) is 2.92. The van der Waals surface area contributed by atoms with Crippen LogP contribution in [0.4, 0.5) is 22.0 Å². The number of hydrogen-bond acceptors (Lipinski definition) is 1. The lowest BCUT2D eigenvalue weighted by atomic mass is 10.0. The summed E-state index contributed by atoms with van der Waals surface area (Å²) in [4.78, 5) is 0. The first-order valence-corrected chi connectivity index (χ1v) is 4.07. The third-order valence-electron chi connectivity index (χ3n) is 1.81. The zero-order valence-corrected chi connectivity index (χ0v) is 7.48. The highest BCUT2D eigenvalue weighted by atomic mass is 19.4. The van der Waals surface area contributed by atoms with Crippen molar-refractivity contribution in [3.63, 3.8) is 0 Å². The first-order chi connectivity index (χ1) is 6.79. The van der Waals surface area contributed by atoms with Crippen molar-refractivity contribution in [1.29, 1.82) is 0 Å². The standard InChI is InChI=1S/C9H8F5N/c10-5-1-2-7(11)6(3-5)8(15)4-9(12,13)14/h1-3,8H,4,15H2/t8-/m0/s1. The third kappa shape index (κ3) is 3.47. The summed E-state index contributed by atoms with van der Waals surface area (Å²) in [7, 11) is 0. The highest BCUT2D eigenvalue weighted by molar-refractivity contribution is 5.22. The largest absolute Gasteiger partial charge is 0.390 e. The van der Waals surface area contributed by atoms with Gasteiger partial charge in [0.25, 0.3) is 0 Å². The van der Waals surface area contributed by atoms with Crippen molar-refractivity contribution in [3.05, 3.63) is 35.4 Å². The van der Waals surface area contributed by atoms with E-state index in [9.17, 15) is 22.0 Å². The summed E-state index contributed by atoms with van der Waals surface area (Å²) in [5.74, 6) is -1.75. The second-order valence-corrected chi connectivity index (χ2v) is 3.09. The number of halogens is 5. The molecule has 0 heterocycles. The zero-order valence-electron chi connectivity index (χ0n) is 7.48. The number of hydrogen-bond donors (Lipinski definition) is 1. The van der Waals surface area contributed by atoms with Gasteiger partial charge in [0.2, 0.25) is 0 Å². The van der Waals surface area contributed by atoms with Gasteiger partial charge in [-0.15, -0.1) is 0 Å². The lowest BCUT2D eigenvalue weighted by Crippen LogP contribution is -2.21. The SMILES string of the molecule is N[C@@H](CC(F)(F)F)c1cc(F)ccc1F. The van der Waals surface area contributed by atoms with Crippen LogP contribution in [0.3, 0.4) is 0 Å². The lowest BCUT2D eigenvalue weighted by molar-refractivity contribution is -0.138. The van der Waals surface area contributed by atoms with Gasteiger partial charge < -0.3 is 5.73 Å². The third-order valence-corrected chi connectivity index (χ3v) is 1.81. The molecular weight excluding hydrogens is 217 g/mol. The number of nitrogens with two attached hydrogens (primary N) is 1. The minimum absolute atomic E-state index is 0.465. The molecule has 0 saturated carbocycles. The molecule has 0 aromatic heterocycles. The lowest BCUT2D eigenvalue weighted by Gasteiger charge is -2.14. The van der Waals surface area contributed by atoms with Crippen LogP contribution < -0.4 is 5.73 Å². The normalized spacial score (nSPS) is 14.0. The molecule has 0 aliphatic rings. The summed E-state index contributed by atoms with van der Waals surface area (Å²) >= 11 is 0. The van der Waals surface area contributed by atoms with Gasteiger partial charge in [0.05, 0.1) is 6.42 Å². The van der Waals surface area contributed by atoms with Gasteiger partial charge in [-0.3, -0.25) is 0 Å².